The maximum atomic E-state index is 14.1. The van der Waals surface area contributed by atoms with Crippen LogP contribution in [0.15, 0.2) is 48.0 Å². The summed E-state index contributed by atoms with van der Waals surface area (Å²) in [5.74, 6) is 1.11. The van der Waals surface area contributed by atoms with Crippen molar-refractivity contribution < 1.29 is 4.39 Å². The average Bonchev–Trinajstić information content (AvgIpc) is 3.30. The molecule has 0 fully saturated rings. The lowest BCUT2D eigenvalue weighted by Gasteiger charge is -2.30. The Morgan fingerprint density at radius 2 is 2.11 bits per heavy atom. The number of rotatable bonds is 7. The van der Waals surface area contributed by atoms with Gasteiger partial charge in [-0.05, 0) is 43.8 Å². The molecule has 1 atom stereocenters. The third-order valence-corrected chi connectivity index (χ3v) is 5.48. The molecule has 1 aliphatic heterocycles. The number of thiophene rings is 1. The summed E-state index contributed by atoms with van der Waals surface area (Å²) in [6, 6.07) is 11.0. The van der Waals surface area contributed by atoms with Crippen molar-refractivity contribution in [3.05, 3.63) is 58.7 Å². The fourth-order valence-corrected chi connectivity index (χ4v) is 3.93. The van der Waals surface area contributed by atoms with Crippen LogP contribution >= 0.6 is 11.3 Å². The summed E-state index contributed by atoms with van der Waals surface area (Å²) in [5, 5.41) is 11.9. The molecule has 3 N–H and O–H groups in total. The standard InChI is InChI=1S/C20H23FN6S/c1-13(2)27-18-17(25-20(27)24-16-8-4-3-7-15(16)21)12-23-19(26-18)22-10-9-14-6-5-11-28-14/h3-8,11-13,20,24-25H,9-10H2,1-2H3,(H,22,23,26). The summed E-state index contributed by atoms with van der Waals surface area (Å²) in [4.78, 5) is 12.5. The molecule has 1 unspecified atom stereocenters. The molecule has 0 radical (unpaired) electrons. The number of anilines is 4. The van der Waals surface area contributed by atoms with E-state index in [-0.39, 0.29) is 18.1 Å². The molecule has 3 heterocycles. The van der Waals surface area contributed by atoms with Crippen molar-refractivity contribution in [2.45, 2.75) is 32.6 Å². The third-order valence-electron chi connectivity index (χ3n) is 4.54. The normalized spacial score (nSPS) is 15.4. The van der Waals surface area contributed by atoms with Gasteiger partial charge >= 0.3 is 0 Å². The maximum absolute atomic E-state index is 14.1. The predicted molar refractivity (Wildman–Crippen MR) is 114 cm³/mol. The van der Waals surface area contributed by atoms with Crippen molar-refractivity contribution in [3.8, 4) is 0 Å². The molecule has 1 aromatic carbocycles. The first-order chi connectivity index (χ1) is 13.6. The number of aromatic nitrogens is 2. The Labute approximate surface area is 167 Å². The molecule has 8 heteroatoms. The zero-order valence-corrected chi connectivity index (χ0v) is 16.6. The molecule has 146 valence electrons. The number of halogens is 1. The first-order valence-corrected chi connectivity index (χ1v) is 10.2. The van der Waals surface area contributed by atoms with Crippen LogP contribution in [-0.4, -0.2) is 28.8 Å². The molecule has 4 rings (SSSR count). The minimum absolute atomic E-state index is 0.159. The van der Waals surface area contributed by atoms with Gasteiger partial charge < -0.3 is 20.9 Å². The van der Waals surface area contributed by atoms with E-state index in [9.17, 15) is 4.39 Å². The van der Waals surface area contributed by atoms with Gasteiger partial charge in [0.25, 0.3) is 0 Å². The van der Waals surface area contributed by atoms with E-state index < -0.39 is 0 Å². The first kappa shape index (κ1) is 18.5. The summed E-state index contributed by atoms with van der Waals surface area (Å²) in [6.45, 7) is 4.93. The SMILES string of the molecule is CC(C)N1c2nc(NCCc3cccs3)ncc2NC1Nc1ccccc1F. The molecule has 2 aromatic heterocycles. The van der Waals surface area contributed by atoms with Gasteiger partial charge in [-0.3, -0.25) is 0 Å². The van der Waals surface area contributed by atoms with Crippen LogP contribution in [0.25, 0.3) is 0 Å². The van der Waals surface area contributed by atoms with Gasteiger partial charge in [0.2, 0.25) is 5.95 Å². The van der Waals surface area contributed by atoms with E-state index in [2.05, 4.69) is 57.2 Å². The second-order valence-electron chi connectivity index (χ2n) is 6.86. The van der Waals surface area contributed by atoms with Crippen LogP contribution in [-0.2, 0) is 6.42 Å². The Kier molecular flexibility index (Phi) is 5.29. The van der Waals surface area contributed by atoms with Crippen LogP contribution in [0.4, 0.5) is 27.5 Å². The Balaban J connectivity index is 1.49. The Morgan fingerprint density at radius 3 is 2.86 bits per heavy atom. The largest absolute Gasteiger partial charge is 0.354 e. The van der Waals surface area contributed by atoms with Gasteiger partial charge in [-0.2, -0.15) is 4.98 Å². The van der Waals surface area contributed by atoms with Gasteiger partial charge in [0.15, 0.2) is 12.1 Å². The van der Waals surface area contributed by atoms with Crippen LogP contribution in [0.1, 0.15) is 18.7 Å². The Hall–Kier alpha value is -2.87. The van der Waals surface area contributed by atoms with Crippen molar-refractivity contribution in [2.75, 3.05) is 27.4 Å². The van der Waals surface area contributed by atoms with E-state index in [1.54, 1.807) is 29.7 Å². The topological polar surface area (TPSA) is 65.1 Å². The smallest absolute Gasteiger partial charge is 0.224 e. The monoisotopic (exact) mass is 398 g/mol. The van der Waals surface area contributed by atoms with Gasteiger partial charge in [-0.15, -0.1) is 11.3 Å². The molecular formula is C20H23FN6S. The molecular weight excluding hydrogens is 375 g/mol. The van der Waals surface area contributed by atoms with Gasteiger partial charge in [-0.25, -0.2) is 9.37 Å². The lowest BCUT2D eigenvalue weighted by atomic mass is 10.3. The van der Waals surface area contributed by atoms with E-state index in [0.29, 0.717) is 11.6 Å². The van der Waals surface area contributed by atoms with Crippen molar-refractivity contribution in [1.82, 2.24) is 9.97 Å². The molecule has 0 saturated carbocycles. The highest BCUT2D eigenvalue weighted by Crippen LogP contribution is 2.35. The molecule has 0 amide bonds. The molecule has 0 bridgehead atoms. The molecule has 28 heavy (non-hydrogen) atoms. The van der Waals surface area contributed by atoms with Crippen molar-refractivity contribution in [3.63, 3.8) is 0 Å². The first-order valence-electron chi connectivity index (χ1n) is 9.31. The second-order valence-corrected chi connectivity index (χ2v) is 7.89. The van der Waals surface area contributed by atoms with Crippen molar-refractivity contribution in [1.29, 1.82) is 0 Å². The van der Waals surface area contributed by atoms with Gasteiger partial charge in [0.1, 0.15) is 5.82 Å². The van der Waals surface area contributed by atoms with Gasteiger partial charge in [-0.1, -0.05) is 18.2 Å². The number of hydrogen-bond acceptors (Lipinski definition) is 7. The molecule has 0 saturated heterocycles. The third kappa shape index (κ3) is 3.87. The molecule has 3 aromatic rings. The van der Waals surface area contributed by atoms with E-state index in [0.717, 1.165) is 24.5 Å². The van der Waals surface area contributed by atoms with Crippen LogP contribution in [0.5, 0.6) is 0 Å². The minimum atomic E-state index is -0.303. The quantitative estimate of drug-likeness (QED) is 0.549. The van der Waals surface area contributed by atoms with Crippen LogP contribution in [0.3, 0.4) is 0 Å². The number of hydrogen-bond donors (Lipinski definition) is 3. The van der Waals surface area contributed by atoms with E-state index in [4.69, 9.17) is 4.98 Å². The fourth-order valence-electron chi connectivity index (χ4n) is 3.22. The highest BCUT2D eigenvalue weighted by Gasteiger charge is 2.33. The van der Waals surface area contributed by atoms with Crippen molar-refractivity contribution >= 4 is 34.5 Å². The summed E-state index contributed by atoms with van der Waals surface area (Å²) in [7, 11) is 0. The number of para-hydroxylation sites is 1. The molecule has 1 aliphatic rings. The number of fused-ring (bicyclic) bond motifs is 1. The lowest BCUT2D eigenvalue weighted by molar-refractivity contribution is 0.612. The molecule has 6 nitrogen and oxygen atoms in total. The second kappa shape index (κ2) is 8.02. The molecule has 0 aliphatic carbocycles. The van der Waals surface area contributed by atoms with Crippen molar-refractivity contribution in [2.24, 2.45) is 0 Å². The van der Waals surface area contributed by atoms with Crippen LogP contribution < -0.4 is 20.9 Å². The zero-order chi connectivity index (χ0) is 19.5. The number of benzene rings is 1. The van der Waals surface area contributed by atoms with Gasteiger partial charge in [0.05, 0.1) is 17.6 Å². The highest BCUT2D eigenvalue weighted by atomic mass is 32.1. The highest BCUT2D eigenvalue weighted by molar-refractivity contribution is 7.09. The summed E-state index contributed by atoms with van der Waals surface area (Å²) in [5.41, 5.74) is 1.27. The minimum Gasteiger partial charge on any atom is -0.354 e. The van der Waals surface area contributed by atoms with Gasteiger partial charge in [0, 0.05) is 17.5 Å². The van der Waals surface area contributed by atoms with E-state index >= 15 is 0 Å². The Bertz CT molecular complexity index is 930. The van der Waals surface area contributed by atoms with Crippen LogP contribution in [0.2, 0.25) is 0 Å². The lowest BCUT2D eigenvalue weighted by Crippen LogP contribution is -2.46. The summed E-state index contributed by atoms with van der Waals surface area (Å²) >= 11 is 1.75. The van der Waals surface area contributed by atoms with E-state index in [1.807, 2.05) is 6.07 Å². The molecule has 0 spiro atoms. The number of nitrogens with zero attached hydrogens (tertiary/aromatic N) is 3. The summed E-state index contributed by atoms with van der Waals surface area (Å²) in [6.07, 6.45) is 2.40. The Morgan fingerprint density at radius 1 is 1.25 bits per heavy atom. The average molecular weight is 399 g/mol. The predicted octanol–water partition coefficient (Wildman–Crippen LogP) is 4.37. The maximum Gasteiger partial charge on any atom is 0.224 e. The zero-order valence-electron chi connectivity index (χ0n) is 15.8. The fraction of sp³-hybridized carbons (Fsp3) is 0.300. The van der Waals surface area contributed by atoms with Crippen LogP contribution in [0, 0.1) is 5.82 Å². The number of nitrogens with one attached hydrogen (secondary N) is 3. The van der Waals surface area contributed by atoms with E-state index in [1.165, 1.54) is 10.9 Å². The summed E-state index contributed by atoms with van der Waals surface area (Å²) < 4.78 is 14.1.